The fraction of sp³-hybridized carbons (Fsp3) is 0.277. The molecule has 8 N–H and O–H groups in total. The van der Waals surface area contributed by atoms with Crippen molar-refractivity contribution in [1.82, 2.24) is 50.8 Å². The molecule has 0 fully saturated rings. The Morgan fingerprint density at radius 2 is 0.681 bits per heavy atom. The second kappa shape index (κ2) is 56.2. The van der Waals surface area contributed by atoms with Crippen LogP contribution in [-0.4, -0.2) is 202 Å². The second-order valence-electron chi connectivity index (χ2n) is 35.6. The van der Waals surface area contributed by atoms with Crippen LogP contribution in [0.1, 0.15) is 202 Å². The Morgan fingerprint density at radius 3 is 1.04 bits per heavy atom. The molecule has 3 heterocycles. The van der Waals surface area contributed by atoms with Crippen molar-refractivity contribution >= 4 is 80.3 Å². The number of nitrogens with one attached hydrogen (secondary N) is 4. The lowest BCUT2D eigenvalue weighted by Crippen LogP contribution is -2.39. The summed E-state index contributed by atoms with van der Waals surface area (Å²) in [5.74, 6) is -2.02. The van der Waals surface area contributed by atoms with Crippen LogP contribution in [0.25, 0.3) is 66.2 Å². The lowest BCUT2D eigenvalue weighted by Gasteiger charge is -2.22. The monoisotopic (exact) mass is 1950 g/mol. The highest BCUT2D eigenvalue weighted by Gasteiger charge is 2.28. The van der Waals surface area contributed by atoms with E-state index in [0.29, 0.717) is 136 Å². The van der Waals surface area contributed by atoms with E-state index >= 15 is 0 Å². The molecule has 742 valence electrons. The van der Waals surface area contributed by atoms with Crippen LogP contribution >= 0.6 is 11.3 Å². The predicted molar refractivity (Wildman–Crippen MR) is 571 cm³/mol. The van der Waals surface area contributed by atoms with Gasteiger partial charge in [-0.05, 0) is 250 Å². The molecule has 14 aromatic rings. The highest BCUT2D eigenvalue weighted by Crippen LogP contribution is 2.35. The van der Waals surface area contributed by atoms with Gasteiger partial charge in [0, 0.05) is 128 Å². The van der Waals surface area contributed by atoms with E-state index in [0.717, 1.165) is 118 Å². The van der Waals surface area contributed by atoms with Gasteiger partial charge >= 0.3 is 0 Å². The number of fused-ring (bicyclic) bond motifs is 2. The fourth-order valence-corrected chi connectivity index (χ4v) is 17.5. The Labute approximate surface area is 848 Å². The molecule has 0 aliphatic rings. The molecule has 0 bridgehead atoms. The normalized spacial score (nSPS) is 11.6. The fourth-order valence-electron chi connectivity index (χ4n) is 16.8. The predicted octanol–water partition coefficient (Wildman–Crippen LogP) is 19.5. The molecule has 25 heteroatoms. The Bertz CT molecular complexity index is 6500. The Kier molecular flexibility index (Phi) is 42.5. The van der Waals surface area contributed by atoms with Crippen molar-refractivity contribution in [3.63, 3.8) is 0 Å². The average molecular weight is 1950 g/mol. The van der Waals surface area contributed by atoms with Crippen molar-refractivity contribution in [3.8, 4) is 56.6 Å². The summed E-state index contributed by atoms with van der Waals surface area (Å²) >= 11 is 1.56. The maximum Gasteiger partial charge on any atom is 0.253 e. The smallest absolute Gasteiger partial charge is 0.253 e. The zero-order chi connectivity index (χ0) is 103. The first kappa shape index (κ1) is 109. The SMILES string of the molecule is CCCCN(C)C(=O)c1cc(C(=O)N[C@H](CO)Cc2ccccc2)cc(-c2cccc3cnccc23)c1.CCCCN(C)C(=O)c1cc(C(=O)N[C@H](CO)Cc2ccccc2)cc(-c2cccc3ncccc23)c1.CCCCN(C)C(=O)c1cc(C(=O)N[C@H](CO)Cc2ccsc2)cc(-c2ccccc2C#N)c1.CCCN(CCC)C(=O)c1cc(C(=O)N[C@H](CO)Cc2ccccc2)cc(-c2ccccc2C#N)c1. The first-order chi connectivity index (χ1) is 69.9. The van der Waals surface area contributed by atoms with E-state index in [9.17, 15) is 69.3 Å². The molecule has 3 aromatic heterocycles. The molecule has 0 unspecified atom stereocenters. The summed E-state index contributed by atoms with van der Waals surface area (Å²) < 4.78 is 0. The quantitative estimate of drug-likeness (QED) is 0.0176. The maximum absolute atomic E-state index is 13.4. The summed E-state index contributed by atoms with van der Waals surface area (Å²) in [7, 11) is 5.32. The van der Waals surface area contributed by atoms with Gasteiger partial charge < -0.3 is 61.3 Å². The number of carbonyl (C=O) groups is 8. The Morgan fingerprint density at radius 1 is 0.340 bits per heavy atom. The summed E-state index contributed by atoms with van der Waals surface area (Å²) in [6.45, 7) is 12.6. The number of thiophene rings is 1. The van der Waals surface area contributed by atoms with Crippen LogP contribution in [0.2, 0.25) is 0 Å². The van der Waals surface area contributed by atoms with Crippen molar-refractivity contribution in [2.45, 2.75) is 136 Å². The number of amides is 8. The number of hydrogen-bond acceptors (Lipinski definition) is 17. The minimum Gasteiger partial charge on any atom is -0.394 e. The zero-order valence-electron chi connectivity index (χ0n) is 83.1. The molecule has 0 spiro atoms. The number of nitriles is 2. The van der Waals surface area contributed by atoms with Gasteiger partial charge in [-0.15, -0.1) is 0 Å². The number of rotatable bonds is 41. The molecule has 24 nitrogen and oxygen atoms in total. The minimum atomic E-state index is -0.481. The largest absolute Gasteiger partial charge is 0.394 e. The number of hydrogen-bond donors (Lipinski definition) is 8. The van der Waals surface area contributed by atoms with Crippen LogP contribution in [0.4, 0.5) is 0 Å². The van der Waals surface area contributed by atoms with E-state index < -0.39 is 24.2 Å². The molecule has 0 aliphatic carbocycles. The van der Waals surface area contributed by atoms with Gasteiger partial charge in [0.1, 0.15) is 0 Å². The third-order valence-corrected chi connectivity index (χ3v) is 25.3. The van der Waals surface area contributed by atoms with Gasteiger partial charge in [-0.1, -0.05) is 218 Å². The summed E-state index contributed by atoms with van der Waals surface area (Å²) in [4.78, 5) is 122. The molecule has 144 heavy (non-hydrogen) atoms. The lowest BCUT2D eigenvalue weighted by atomic mass is 9.95. The number of nitrogens with zero attached hydrogens (tertiary/aromatic N) is 8. The van der Waals surface area contributed by atoms with Crippen LogP contribution in [0, 0.1) is 22.7 Å². The number of aromatic nitrogens is 2. The van der Waals surface area contributed by atoms with Crippen LogP contribution in [0.15, 0.2) is 302 Å². The van der Waals surface area contributed by atoms with Gasteiger partial charge in [-0.2, -0.15) is 21.9 Å². The summed E-state index contributed by atoms with van der Waals surface area (Å²) in [6.07, 6.45) is 14.6. The Balaban J connectivity index is 0.000000183. The number of aliphatic hydroxyl groups is 4. The van der Waals surface area contributed by atoms with Gasteiger partial charge in [0.15, 0.2) is 0 Å². The zero-order valence-corrected chi connectivity index (χ0v) is 83.9. The van der Waals surface area contributed by atoms with Gasteiger partial charge in [-0.25, -0.2) is 0 Å². The average Bonchev–Trinajstić information content (AvgIpc) is 0.930. The lowest BCUT2D eigenvalue weighted by molar-refractivity contribution is 0.0752. The third-order valence-electron chi connectivity index (χ3n) is 24.5. The molecule has 0 aliphatic heterocycles. The van der Waals surface area contributed by atoms with Crippen molar-refractivity contribution in [1.29, 1.82) is 10.5 Å². The van der Waals surface area contributed by atoms with Crippen LogP contribution in [-0.2, 0) is 25.7 Å². The van der Waals surface area contributed by atoms with Gasteiger partial charge in [0.2, 0.25) is 0 Å². The molecule has 14 rings (SSSR count). The third kappa shape index (κ3) is 31.0. The summed E-state index contributed by atoms with van der Waals surface area (Å²) in [5, 5.41) is 77.3. The number of unbranched alkanes of at least 4 members (excludes halogenated alkanes) is 3. The number of benzene rings is 11. The molecule has 0 saturated carbocycles. The highest BCUT2D eigenvalue weighted by molar-refractivity contribution is 7.08. The van der Waals surface area contributed by atoms with Gasteiger partial charge in [0.25, 0.3) is 47.3 Å². The van der Waals surface area contributed by atoms with Crippen LogP contribution in [0.5, 0.6) is 0 Å². The maximum atomic E-state index is 13.4. The van der Waals surface area contributed by atoms with Crippen molar-refractivity contribution < 1.29 is 58.8 Å². The molecule has 8 amide bonds. The van der Waals surface area contributed by atoms with Crippen LogP contribution in [0.3, 0.4) is 0 Å². The standard InChI is InChI=1S/2C31H33N3O3.C30H33N3O3.C27H29N3O3S/c1-3-4-16-34(2)31(37)25-19-23(27-12-8-14-29-28(27)13-9-15-32-29)18-24(20-25)30(36)33-26(21-35)17-22-10-6-5-7-11-22;1-3-4-15-34(2)31(37)26-18-24(28-12-8-11-23-20-32-14-13-29(23)28)17-25(19-26)30(36)33-27(21-35)16-22-9-6-5-7-10-22;1-3-14-33(15-4-2)30(36)26-18-24(28-13-9-8-12-23(28)20-31)17-25(19-26)29(35)32-27(21-34)16-22-10-6-5-7-11-22;1-3-4-10-30(2)27(33)23-14-21(25-8-6-5-7-20(25)16-28)13-22(15-23)26(32)29-24(17-31)12-19-9-11-34-18-19/h5-15,18-20,26,35H,3-4,16-17,21H2,1-2H3,(H,33,36);5-14,17-20,27,35H,3-4,15-16,21H2,1-2H3,(H,33,36);5-13,17-19,27,34H,3-4,14-16,21H2,1-2H3,(H,32,35);5-9,11,13-15,18,24,31H,3-4,10,12,17H2,1-2H3,(H,29,32)/t26-;2*27-;24-/m0000/s1. The van der Waals surface area contributed by atoms with Crippen molar-refractivity contribution in [2.24, 2.45) is 0 Å². The van der Waals surface area contributed by atoms with E-state index in [1.807, 2.05) is 213 Å². The van der Waals surface area contributed by atoms with E-state index in [-0.39, 0.29) is 73.7 Å². The molecular formula is C119H128N12O12S. The van der Waals surface area contributed by atoms with E-state index in [2.05, 4.69) is 64.1 Å². The van der Waals surface area contributed by atoms with Crippen molar-refractivity contribution in [3.05, 3.63) is 380 Å². The Hall–Kier alpha value is -15.5. The molecular weight excluding hydrogens is 1820 g/mol. The van der Waals surface area contributed by atoms with E-state index in [4.69, 9.17) is 0 Å². The summed E-state index contributed by atoms with van der Waals surface area (Å²) in [5.41, 5.74) is 14.8. The highest BCUT2D eigenvalue weighted by atomic mass is 32.1. The van der Waals surface area contributed by atoms with Gasteiger partial charge in [-0.3, -0.25) is 48.3 Å². The first-order valence-corrected chi connectivity index (χ1v) is 50.0. The molecule has 11 aromatic carbocycles. The topological polar surface area (TPSA) is 352 Å². The van der Waals surface area contributed by atoms with Crippen molar-refractivity contribution in [2.75, 3.05) is 80.3 Å². The van der Waals surface area contributed by atoms with E-state index in [1.165, 1.54) is 0 Å². The number of carbonyl (C=O) groups excluding carboxylic acids is 8. The van der Waals surface area contributed by atoms with E-state index in [1.54, 1.807) is 156 Å². The summed E-state index contributed by atoms with van der Waals surface area (Å²) in [6, 6.07) is 86.0. The second-order valence-corrected chi connectivity index (χ2v) is 36.4. The van der Waals surface area contributed by atoms with Gasteiger partial charge in [0.05, 0.1) is 79.4 Å². The molecule has 0 radical (unpaired) electrons. The molecule has 0 saturated heterocycles. The van der Waals surface area contributed by atoms with Crippen LogP contribution < -0.4 is 21.3 Å². The first-order valence-electron chi connectivity index (χ1n) is 49.1. The number of aliphatic hydroxyl groups excluding tert-OH is 4. The molecule has 4 atom stereocenters. The minimum absolute atomic E-state index is 0.130. The number of pyridine rings is 2.